The third-order valence-electron chi connectivity index (χ3n) is 13.6. The van der Waals surface area contributed by atoms with Gasteiger partial charge in [-0.3, -0.25) is 0 Å². The Labute approximate surface area is 221 Å². The third kappa shape index (κ3) is 3.03. The smallest absolute Gasteiger partial charge is 0.0917 e. The van der Waals surface area contributed by atoms with E-state index in [2.05, 4.69) is 26.8 Å². The van der Waals surface area contributed by atoms with Crippen molar-refractivity contribution < 1.29 is 35.7 Å². The summed E-state index contributed by atoms with van der Waals surface area (Å²) < 4.78 is 0. The van der Waals surface area contributed by atoms with Crippen molar-refractivity contribution in [3.63, 3.8) is 0 Å². The summed E-state index contributed by atoms with van der Waals surface area (Å²) in [6.45, 7) is 11.9. The molecule has 0 heterocycles. The van der Waals surface area contributed by atoms with E-state index in [1.165, 1.54) is 0 Å². The molecule has 0 radical (unpaired) electrons. The first-order chi connectivity index (χ1) is 17.0. The Kier molecular flexibility index (Phi) is 6.24. The summed E-state index contributed by atoms with van der Waals surface area (Å²) in [5.41, 5.74) is -2.98. The minimum atomic E-state index is -1.44. The Balaban J connectivity index is 1.67. The fourth-order valence-electron chi connectivity index (χ4n) is 11.0. The van der Waals surface area contributed by atoms with Gasteiger partial charge >= 0.3 is 0 Å². The van der Waals surface area contributed by atoms with Gasteiger partial charge in [0.1, 0.15) is 0 Å². The van der Waals surface area contributed by atoms with Gasteiger partial charge in [-0.25, -0.2) is 0 Å². The lowest BCUT2D eigenvalue weighted by atomic mass is 9.32. The van der Waals surface area contributed by atoms with E-state index in [1.54, 1.807) is 0 Å². The van der Waals surface area contributed by atoms with Crippen LogP contribution in [0.2, 0.25) is 0 Å². The molecule has 7 nitrogen and oxygen atoms in total. The first-order valence-electron chi connectivity index (χ1n) is 14.4. The van der Waals surface area contributed by atoms with Crippen LogP contribution < -0.4 is 0 Å². The van der Waals surface area contributed by atoms with E-state index in [4.69, 9.17) is 0 Å². The molecular weight excluding hydrogens is 472 g/mol. The van der Waals surface area contributed by atoms with Crippen molar-refractivity contribution in [1.29, 1.82) is 0 Å². The number of fused-ring (bicyclic) bond motifs is 7. The molecule has 0 saturated heterocycles. The standard InChI is InChI=1S/C30H50O7/c1-25(2)13-17-16-7-8-19-26(3)11-10-20(33)27(4,14-31)18(26)9-12-28(19,5)29(16,6)22(35)24(37)30(17,15-32)23(36)21(25)34/h7,17-24,31-37H,8-15H2,1-6H3/t17-,18?,19-,20+,21+,22+,23+,24-,26+,27?,28-,29+,30-/m1/s1. The lowest BCUT2D eigenvalue weighted by Gasteiger charge is -2.73. The fourth-order valence-corrected chi connectivity index (χ4v) is 11.0. The number of hydrogen-bond donors (Lipinski definition) is 7. The molecule has 212 valence electrons. The molecule has 2 unspecified atom stereocenters. The van der Waals surface area contributed by atoms with Gasteiger partial charge in [-0.15, -0.1) is 0 Å². The molecule has 4 fully saturated rings. The fraction of sp³-hybridized carbons (Fsp3) is 0.933. The van der Waals surface area contributed by atoms with E-state index in [-0.39, 0.29) is 35.2 Å². The number of aliphatic hydroxyl groups excluding tert-OH is 7. The summed E-state index contributed by atoms with van der Waals surface area (Å²) in [5.74, 6) is -0.0758. The van der Waals surface area contributed by atoms with Crippen molar-refractivity contribution >= 4 is 0 Å². The molecule has 0 aromatic rings. The lowest BCUT2D eigenvalue weighted by Crippen LogP contribution is -2.76. The van der Waals surface area contributed by atoms with E-state index in [0.29, 0.717) is 12.8 Å². The maximum absolute atomic E-state index is 12.0. The largest absolute Gasteiger partial charge is 0.396 e. The van der Waals surface area contributed by atoms with E-state index in [0.717, 1.165) is 31.3 Å². The predicted molar refractivity (Wildman–Crippen MR) is 139 cm³/mol. The average molecular weight is 523 g/mol. The molecule has 0 bridgehead atoms. The van der Waals surface area contributed by atoms with E-state index in [9.17, 15) is 35.7 Å². The molecule has 37 heavy (non-hydrogen) atoms. The topological polar surface area (TPSA) is 142 Å². The highest BCUT2D eigenvalue weighted by Gasteiger charge is 2.75. The van der Waals surface area contributed by atoms with Crippen LogP contribution in [0.5, 0.6) is 0 Å². The Morgan fingerprint density at radius 1 is 0.757 bits per heavy atom. The van der Waals surface area contributed by atoms with Crippen molar-refractivity contribution in [2.24, 2.45) is 50.2 Å². The number of allylic oxidation sites excluding steroid dienone is 1. The Morgan fingerprint density at radius 3 is 1.97 bits per heavy atom. The zero-order valence-corrected chi connectivity index (χ0v) is 23.5. The first-order valence-corrected chi connectivity index (χ1v) is 14.4. The third-order valence-corrected chi connectivity index (χ3v) is 13.6. The Bertz CT molecular complexity index is 966. The van der Waals surface area contributed by atoms with Crippen LogP contribution in [0.1, 0.15) is 80.1 Å². The molecule has 0 aromatic heterocycles. The second-order valence-electron chi connectivity index (χ2n) is 15.2. The maximum atomic E-state index is 12.0. The lowest BCUT2D eigenvalue weighted by molar-refractivity contribution is -0.289. The second kappa shape index (κ2) is 8.25. The summed E-state index contributed by atoms with van der Waals surface area (Å²) in [7, 11) is 0. The first kappa shape index (κ1) is 28.0. The quantitative estimate of drug-likeness (QED) is 0.275. The van der Waals surface area contributed by atoms with Crippen LogP contribution in [-0.4, -0.2) is 79.5 Å². The molecule has 5 rings (SSSR count). The Hall–Kier alpha value is -0.540. The van der Waals surface area contributed by atoms with Gasteiger partial charge in [0.05, 0.1) is 49.1 Å². The monoisotopic (exact) mass is 522 g/mol. The highest BCUT2D eigenvalue weighted by atomic mass is 16.4. The summed E-state index contributed by atoms with van der Waals surface area (Å²) in [6.07, 6.45) is 0.868. The molecule has 5 aliphatic rings. The van der Waals surface area contributed by atoms with Crippen LogP contribution in [-0.2, 0) is 0 Å². The molecule has 0 spiro atoms. The molecule has 0 amide bonds. The minimum absolute atomic E-state index is 0.0616. The van der Waals surface area contributed by atoms with Gasteiger partial charge in [-0.2, -0.15) is 0 Å². The molecule has 13 atom stereocenters. The van der Waals surface area contributed by atoms with Crippen LogP contribution in [0.4, 0.5) is 0 Å². The molecule has 0 aromatic carbocycles. The van der Waals surface area contributed by atoms with Crippen molar-refractivity contribution in [3.8, 4) is 0 Å². The molecule has 0 aliphatic heterocycles. The van der Waals surface area contributed by atoms with Crippen molar-refractivity contribution in [2.75, 3.05) is 13.2 Å². The van der Waals surface area contributed by atoms with Crippen LogP contribution in [0, 0.1) is 50.2 Å². The average Bonchev–Trinajstić information content (AvgIpc) is 2.85. The Morgan fingerprint density at radius 2 is 1.38 bits per heavy atom. The van der Waals surface area contributed by atoms with Gasteiger partial charge < -0.3 is 35.7 Å². The highest BCUT2D eigenvalue weighted by Crippen LogP contribution is 2.75. The summed E-state index contributed by atoms with van der Waals surface area (Å²) in [4.78, 5) is 0. The zero-order valence-electron chi connectivity index (χ0n) is 23.5. The molecule has 5 aliphatic carbocycles. The van der Waals surface area contributed by atoms with E-state index in [1.807, 2.05) is 20.8 Å². The maximum Gasteiger partial charge on any atom is 0.0917 e. The van der Waals surface area contributed by atoms with Gasteiger partial charge in [-0.05, 0) is 72.5 Å². The minimum Gasteiger partial charge on any atom is -0.396 e. The summed E-state index contributed by atoms with van der Waals surface area (Å²) >= 11 is 0. The van der Waals surface area contributed by atoms with Gasteiger partial charge in [0, 0.05) is 10.8 Å². The molecule has 7 heteroatoms. The zero-order chi connectivity index (χ0) is 27.6. The van der Waals surface area contributed by atoms with Gasteiger partial charge in [0.2, 0.25) is 0 Å². The van der Waals surface area contributed by atoms with Crippen LogP contribution >= 0.6 is 0 Å². The number of rotatable bonds is 2. The normalized spacial score (nSPS) is 58.9. The van der Waals surface area contributed by atoms with Crippen molar-refractivity contribution in [1.82, 2.24) is 0 Å². The molecule has 7 N–H and O–H groups in total. The van der Waals surface area contributed by atoms with E-state index < -0.39 is 58.8 Å². The predicted octanol–water partition coefficient (Wildman–Crippen LogP) is 2.00. The van der Waals surface area contributed by atoms with Gasteiger partial charge in [-0.1, -0.05) is 53.2 Å². The number of aliphatic hydroxyl groups is 7. The van der Waals surface area contributed by atoms with Gasteiger partial charge in [0.25, 0.3) is 0 Å². The van der Waals surface area contributed by atoms with Crippen molar-refractivity contribution in [2.45, 2.75) is 111 Å². The van der Waals surface area contributed by atoms with Crippen LogP contribution in [0.3, 0.4) is 0 Å². The summed E-state index contributed by atoms with van der Waals surface area (Å²) in [6, 6.07) is 0. The second-order valence-corrected chi connectivity index (χ2v) is 15.2. The van der Waals surface area contributed by atoms with Crippen LogP contribution in [0.15, 0.2) is 11.6 Å². The summed E-state index contributed by atoms with van der Waals surface area (Å²) in [5, 5.41) is 78.1. The van der Waals surface area contributed by atoms with Crippen molar-refractivity contribution in [3.05, 3.63) is 11.6 Å². The van der Waals surface area contributed by atoms with E-state index >= 15 is 0 Å². The molecular formula is C30H50O7. The van der Waals surface area contributed by atoms with Crippen LogP contribution in [0.25, 0.3) is 0 Å². The molecule has 4 saturated carbocycles. The SMILES string of the molecule is CC1(C)C[C@@H]2C3=CC[C@@H]4[C@@]5(C)CC[C@H](O)C(C)(CO)C5CC[C@@]4(C)[C@]3(C)[C@@H](O)[C@@H](O)[C@@]2(CO)[C@@H](O)[C@@H]1O. The van der Waals surface area contributed by atoms with Gasteiger partial charge in [0.15, 0.2) is 0 Å². The number of hydrogen-bond acceptors (Lipinski definition) is 7. The highest BCUT2D eigenvalue weighted by molar-refractivity contribution is 5.38.